The maximum absolute atomic E-state index is 10.7. The van der Waals surface area contributed by atoms with Crippen LogP contribution in [0.1, 0.15) is 6.42 Å². The zero-order valence-corrected chi connectivity index (χ0v) is 8.22. The van der Waals surface area contributed by atoms with E-state index in [0.29, 0.717) is 0 Å². The summed E-state index contributed by atoms with van der Waals surface area (Å²) in [6, 6.07) is 0. The van der Waals surface area contributed by atoms with Crippen molar-refractivity contribution in [3.8, 4) is 0 Å². The molecule has 0 amide bonds. The Hall–Kier alpha value is -0.770. The monoisotopic (exact) mass is 238 g/mol. The molecule has 0 aromatic carbocycles. The zero-order valence-electron chi connectivity index (χ0n) is 8.22. The lowest BCUT2D eigenvalue weighted by atomic mass is 9.93. The van der Waals surface area contributed by atoms with Crippen LogP contribution in [0.15, 0.2) is 0 Å². The second-order valence-corrected chi connectivity index (χ2v) is 3.68. The van der Waals surface area contributed by atoms with E-state index >= 15 is 0 Å². The van der Waals surface area contributed by atoms with Gasteiger partial charge in [0.05, 0.1) is 12.7 Å². The van der Waals surface area contributed by atoms with Crippen molar-refractivity contribution in [3.63, 3.8) is 0 Å². The lowest BCUT2D eigenvalue weighted by molar-refractivity contribution is -0.308. The van der Waals surface area contributed by atoms with Gasteiger partial charge in [-0.2, -0.15) is 0 Å². The number of rotatable bonds is 3. The summed E-state index contributed by atoms with van der Waals surface area (Å²) in [5.74, 6) is -4.42. The van der Waals surface area contributed by atoms with Crippen LogP contribution in [0, 0.1) is 0 Å². The number of aliphatic hydroxyl groups is 5. The van der Waals surface area contributed by atoms with E-state index in [9.17, 15) is 25.2 Å². The number of carboxylic acids is 1. The lowest BCUT2D eigenvalue weighted by Crippen LogP contribution is -2.61. The molecule has 0 aliphatic carbocycles. The van der Waals surface area contributed by atoms with Crippen molar-refractivity contribution >= 4 is 5.97 Å². The first-order chi connectivity index (χ1) is 7.31. The molecule has 1 fully saturated rings. The van der Waals surface area contributed by atoms with Crippen LogP contribution in [0.25, 0.3) is 0 Å². The molecule has 5 atom stereocenters. The number of carbonyl (C=O) groups is 1. The third-order valence-corrected chi connectivity index (χ3v) is 2.45. The van der Waals surface area contributed by atoms with Crippen LogP contribution in [0.4, 0.5) is 0 Å². The summed E-state index contributed by atoms with van der Waals surface area (Å²) >= 11 is 0. The molecule has 1 aliphatic rings. The Kier molecular flexibility index (Phi) is 3.84. The van der Waals surface area contributed by atoms with E-state index in [1.165, 1.54) is 0 Å². The number of ether oxygens (including phenoxy) is 1. The highest BCUT2D eigenvalue weighted by Gasteiger charge is 2.52. The summed E-state index contributed by atoms with van der Waals surface area (Å²) in [5.41, 5.74) is 0. The van der Waals surface area contributed by atoms with Gasteiger partial charge in [0.15, 0.2) is 0 Å². The van der Waals surface area contributed by atoms with E-state index in [-0.39, 0.29) is 0 Å². The van der Waals surface area contributed by atoms with Gasteiger partial charge in [0.25, 0.3) is 5.79 Å². The van der Waals surface area contributed by atoms with Crippen LogP contribution in [0.3, 0.4) is 0 Å². The van der Waals surface area contributed by atoms with Gasteiger partial charge < -0.3 is 35.4 Å². The highest BCUT2D eigenvalue weighted by atomic mass is 16.7. The Bertz CT molecular complexity index is 269. The quantitative estimate of drug-likeness (QED) is 0.298. The smallest absolute Gasteiger partial charge is 0.364 e. The molecule has 94 valence electrons. The maximum Gasteiger partial charge on any atom is 0.364 e. The van der Waals surface area contributed by atoms with Crippen LogP contribution < -0.4 is 0 Å². The molecule has 0 bridgehead atoms. The second-order valence-electron chi connectivity index (χ2n) is 3.68. The van der Waals surface area contributed by atoms with Crippen molar-refractivity contribution in [1.82, 2.24) is 0 Å². The number of aliphatic carboxylic acids is 1. The minimum atomic E-state index is -2.68. The van der Waals surface area contributed by atoms with Crippen molar-refractivity contribution in [2.45, 2.75) is 36.6 Å². The van der Waals surface area contributed by atoms with Gasteiger partial charge in [0, 0.05) is 6.42 Å². The van der Waals surface area contributed by atoms with E-state index in [0.717, 1.165) is 0 Å². The molecule has 0 radical (unpaired) electrons. The molecule has 0 saturated carbocycles. The minimum Gasteiger partial charge on any atom is -0.477 e. The molecule has 0 aromatic heterocycles. The molecule has 1 aliphatic heterocycles. The molecular weight excluding hydrogens is 224 g/mol. The molecule has 0 spiro atoms. The Labute approximate surface area is 90.3 Å². The molecule has 16 heavy (non-hydrogen) atoms. The van der Waals surface area contributed by atoms with E-state index < -0.39 is 49.2 Å². The first-order valence-electron chi connectivity index (χ1n) is 4.60. The SMILES string of the molecule is O=C(O)C1(O)C[C@H](O)[C@H](O)[C@@H]([C@H](O)CO)O1. The Morgan fingerprint density at radius 2 is 2.06 bits per heavy atom. The van der Waals surface area contributed by atoms with Crippen molar-refractivity contribution in [3.05, 3.63) is 0 Å². The van der Waals surface area contributed by atoms with E-state index in [2.05, 4.69) is 4.74 Å². The number of hydrogen-bond acceptors (Lipinski definition) is 7. The normalized spacial score (nSPS) is 41.7. The summed E-state index contributed by atoms with van der Waals surface area (Å²) in [6.07, 6.45) is -7.05. The summed E-state index contributed by atoms with van der Waals surface area (Å²) in [5, 5.41) is 54.7. The van der Waals surface area contributed by atoms with Crippen molar-refractivity contribution < 1.29 is 40.2 Å². The summed E-state index contributed by atoms with van der Waals surface area (Å²) < 4.78 is 4.61. The lowest BCUT2D eigenvalue weighted by Gasteiger charge is -2.41. The maximum atomic E-state index is 10.7. The van der Waals surface area contributed by atoms with Crippen molar-refractivity contribution in [2.24, 2.45) is 0 Å². The number of aliphatic hydroxyl groups excluding tert-OH is 4. The molecule has 8 heteroatoms. The number of carboxylic acid groups (broad SMARTS) is 1. The Balaban J connectivity index is 2.89. The third-order valence-electron chi connectivity index (χ3n) is 2.45. The number of hydrogen-bond donors (Lipinski definition) is 6. The first kappa shape index (κ1) is 13.3. The predicted octanol–water partition coefficient (Wildman–Crippen LogP) is -3.38. The van der Waals surface area contributed by atoms with Crippen LogP contribution in [0.2, 0.25) is 0 Å². The average molecular weight is 238 g/mol. The molecule has 1 saturated heterocycles. The minimum absolute atomic E-state index is 0.724. The van der Waals surface area contributed by atoms with Gasteiger partial charge in [0.1, 0.15) is 18.3 Å². The first-order valence-corrected chi connectivity index (χ1v) is 4.60. The molecule has 1 heterocycles. The molecule has 8 nitrogen and oxygen atoms in total. The van der Waals surface area contributed by atoms with E-state index in [1.54, 1.807) is 0 Å². The van der Waals surface area contributed by atoms with E-state index in [4.69, 9.17) is 10.2 Å². The average Bonchev–Trinajstić information content (AvgIpc) is 2.22. The van der Waals surface area contributed by atoms with Gasteiger partial charge in [-0.15, -0.1) is 0 Å². The van der Waals surface area contributed by atoms with E-state index in [1.807, 2.05) is 0 Å². The second kappa shape index (κ2) is 4.62. The molecule has 0 aromatic rings. The third kappa shape index (κ3) is 2.32. The highest BCUT2D eigenvalue weighted by Crippen LogP contribution is 2.29. The van der Waals surface area contributed by atoms with Gasteiger partial charge in [-0.05, 0) is 0 Å². The summed E-state index contributed by atoms with van der Waals surface area (Å²) in [7, 11) is 0. The van der Waals surface area contributed by atoms with Crippen LogP contribution in [-0.4, -0.2) is 73.4 Å². The topological polar surface area (TPSA) is 148 Å². The molecule has 1 rings (SSSR count). The fraction of sp³-hybridized carbons (Fsp3) is 0.875. The zero-order chi connectivity index (χ0) is 12.5. The molecule has 1 unspecified atom stereocenters. The standard InChI is InChI=1S/C8H14O8/c9-2-4(11)6-5(12)3(10)1-8(15,16-6)7(13)14/h3-6,9-12,15H,1-2H2,(H,13,14)/t3-,4+,5-,6+,8?/m0/s1. The highest BCUT2D eigenvalue weighted by molar-refractivity contribution is 5.75. The summed E-state index contributed by atoms with van der Waals surface area (Å²) in [6.45, 7) is -0.801. The molecular formula is C8H14O8. The van der Waals surface area contributed by atoms with Crippen LogP contribution in [0.5, 0.6) is 0 Å². The van der Waals surface area contributed by atoms with Gasteiger partial charge in [-0.1, -0.05) is 0 Å². The Morgan fingerprint density at radius 3 is 2.50 bits per heavy atom. The van der Waals surface area contributed by atoms with Gasteiger partial charge >= 0.3 is 5.97 Å². The van der Waals surface area contributed by atoms with Crippen molar-refractivity contribution in [2.75, 3.05) is 6.61 Å². The Morgan fingerprint density at radius 1 is 1.50 bits per heavy atom. The largest absolute Gasteiger partial charge is 0.477 e. The van der Waals surface area contributed by atoms with Crippen LogP contribution >= 0.6 is 0 Å². The van der Waals surface area contributed by atoms with Crippen molar-refractivity contribution in [1.29, 1.82) is 0 Å². The fourth-order valence-electron chi connectivity index (χ4n) is 1.51. The predicted molar refractivity (Wildman–Crippen MR) is 47.2 cm³/mol. The molecule has 6 N–H and O–H groups in total. The van der Waals surface area contributed by atoms with Gasteiger partial charge in [0.2, 0.25) is 0 Å². The summed E-state index contributed by atoms with van der Waals surface area (Å²) in [4.78, 5) is 10.7. The van der Waals surface area contributed by atoms with Gasteiger partial charge in [-0.3, -0.25) is 0 Å². The van der Waals surface area contributed by atoms with Gasteiger partial charge in [-0.25, -0.2) is 4.79 Å². The van der Waals surface area contributed by atoms with Crippen LogP contribution in [-0.2, 0) is 9.53 Å². The fourth-order valence-corrected chi connectivity index (χ4v) is 1.51.